The lowest BCUT2D eigenvalue weighted by Gasteiger charge is -2.04. The molecule has 0 atom stereocenters. The van der Waals surface area contributed by atoms with Crippen LogP contribution in [0.1, 0.15) is 0 Å². The topological polar surface area (TPSA) is 63.0 Å². The molecule has 0 unspecified atom stereocenters. The number of rotatable bonds is 1. The van der Waals surface area contributed by atoms with Gasteiger partial charge in [0.25, 0.3) is 5.56 Å². The Morgan fingerprint density at radius 3 is 2.89 bits per heavy atom. The van der Waals surface area contributed by atoms with E-state index in [1.807, 2.05) is 0 Å². The lowest BCUT2D eigenvalue weighted by atomic mass is 10.2. The molecule has 0 spiro atoms. The SMILES string of the molecule is O=c1[nH]n2c(-c3ccccc3F)nncc2c1Br. The van der Waals surface area contributed by atoms with Crippen molar-refractivity contribution in [3.8, 4) is 11.4 Å². The van der Waals surface area contributed by atoms with Crippen molar-refractivity contribution in [1.82, 2.24) is 19.8 Å². The summed E-state index contributed by atoms with van der Waals surface area (Å²) in [6, 6.07) is 6.17. The van der Waals surface area contributed by atoms with Crippen LogP contribution in [-0.2, 0) is 0 Å². The molecule has 7 heteroatoms. The summed E-state index contributed by atoms with van der Waals surface area (Å²) in [5.74, 6) is -0.182. The van der Waals surface area contributed by atoms with Gasteiger partial charge in [0.05, 0.1) is 11.8 Å². The third-order valence-electron chi connectivity index (χ3n) is 2.54. The molecule has 18 heavy (non-hydrogen) atoms. The molecule has 0 radical (unpaired) electrons. The molecule has 0 saturated carbocycles. The van der Waals surface area contributed by atoms with Crippen LogP contribution in [0.3, 0.4) is 0 Å². The molecule has 1 N–H and O–H groups in total. The van der Waals surface area contributed by atoms with Gasteiger partial charge in [-0.3, -0.25) is 9.89 Å². The zero-order valence-electron chi connectivity index (χ0n) is 8.89. The summed E-state index contributed by atoms with van der Waals surface area (Å²) in [7, 11) is 0. The molecule has 5 nitrogen and oxygen atoms in total. The Morgan fingerprint density at radius 2 is 2.11 bits per heavy atom. The quantitative estimate of drug-likeness (QED) is 0.748. The van der Waals surface area contributed by atoms with E-state index in [1.165, 1.54) is 16.8 Å². The number of aromatic amines is 1. The Balaban J connectivity index is 2.41. The largest absolute Gasteiger partial charge is 0.279 e. The van der Waals surface area contributed by atoms with Crippen LogP contribution in [0.25, 0.3) is 16.9 Å². The highest BCUT2D eigenvalue weighted by Gasteiger charge is 2.14. The fraction of sp³-hybridized carbons (Fsp3) is 0. The molecule has 0 fully saturated rings. The van der Waals surface area contributed by atoms with E-state index in [4.69, 9.17) is 0 Å². The number of hydrogen-bond donors (Lipinski definition) is 1. The Hall–Kier alpha value is -2.02. The minimum atomic E-state index is -0.426. The predicted molar refractivity (Wildman–Crippen MR) is 66.7 cm³/mol. The van der Waals surface area contributed by atoms with Gasteiger partial charge < -0.3 is 0 Å². The second-order valence-corrected chi connectivity index (χ2v) is 4.42. The second kappa shape index (κ2) is 4.02. The van der Waals surface area contributed by atoms with Gasteiger partial charge in [0.15, 0.2) is 5.82 Å². The Morgan fingerprint density at radius 1 is 1.33 bits per heavy atom. The van der Waals surface area contributed by atoms with Crippen molar-refractivity contribution < 1.29 is 4.39 Å². The van der Waals surface area contributed by atoms with Crippen LogP contribution in [-0.4, -0.2) is 19.8 Å². The molecule has 0 aliphatic rings. The third-order valence-corrected chi connectivity index (χ3v) is 3.30. The molecule has 0 amide bonds. The van der Waals surface area contributed by atoms with E-state index in [2.05, 4.69) is 31.2 Å². The molecule has 0 saturated heterocycles. The van der Waals surface area contributed by atoms with E-state index in [0.29, 0.717) is 9.99 Å². The second-order valence-electron chi connectivity index (χ2n) is 3.62. The van der Waals surface area contributed by atoms with Gasteiger partial charge >= 0.3 is 0 Å². The van der Waals surface area contributed by atoms with Crippen LogP contribution in [0.15, 0.2) is 39.7 Å². The van der Waals surface area contributed by atoms with Gasteiger partial charge in [0.2, 0.25) is 0 Å². The summed E-state index contributed by atoms with van der Waals surface area (Å²) in [5, 5.41) is 10.2. The predicted octanol–water partition coefficient (Wildman–Crippen LogP) is 1.99. The fourth-order valence-corrected chi connectivity index (χ4v) is 2.07. The van der Waals surface area contributed by atoms with Crippen LogP contribution in [0, 0.1) is 5.82 Å². The minimum Gasteiger partial charge on any atom is -0.267 e. The third kappa shape index (κ3) is 1.55. The van der Waals surface area contributed by atoms with E-state index in [9.17, 15) is 9.18 Å². The highest BCUT2D eigenvalue weighted by atomic mass is 79.9. The maximum atomic E-state index is 13.7. The number of nitrogens with zero attached hydrogens (tertiary/aromatic N) is 3. The number of halogens is 2. The molecular weight excluding hydrogens is 303 g/mol. The number of hydrogen-bond acceptors (Lipinski definition) is 3. The summed E-state index contributed by atoms with van der Waals surface area (Å²) in [4.78, 5) is 11.5. The van der Waals surface area contributed by atoms with Gasteiger partial charge in [0, 0.05) is 0 Å². The lowest BCUT2D eigenvalue weighted by molar-refractivity contribution is 0.628. The average Bonchev–Trinajstić information content (AvgIpc) is 2.67. The molecule has 2 heterocycles. The summed E-state index contributed by atoms with van der Waals surface area (Å²) < 4.78 is 15.5. The highest BCUT2D eigenvalue weighted by Crippen LogP contribution is 2.21. The van der Waals surface area contributed by atoms with E-state index in [-0.39, 0.29) is 16.9 Å². The Labute approximate surface area is 108 Å². The van der Waals surface area contributed by atoms with Gasteiger partial charge in [-0.15, -0.1) is 5.10 Å². The van der Waals surface area contributed by atoms with Gasteiger partial charge in [-0.05, 0) is 28.1 Å². The van der Waals surface area contributed by atoms with Crippen molar-refractivity contribution in [1.29, 1.82) is 0 Å². The van der Waals surface area contributed by atoms with Crippen molar-refractivity contribution in [2.45, 2.75) is 0 Å². The Bertz CT molecular complexity index is 795. The van der Waals surface area contributed by atoms with Crippen LogP contribution in [0.2, 0.25) is 0 Å². The summed E-state index contributed by atoms with van der Waals surface area (Å²) in [6.07, 6.45) is 1.42. The van der Waals surface area contributed by atoms with Crippen LogP contribution < -0.4 is 5.56 Å². The van der Waals surface area contributed by atoms with Gasteiger partial charge in [-0.25, -0.2) is 8.91 Å². The normalized spacial score (nSPS) is 11.0. The number of H-pyrrole nitrogens is 1. The summed E-state index contributed by atoms with van der Waals surface area (Å²) >= 11 is 3.15. The molecule has 0 aliphatic carbocycles. The van der Waals surface area contributed by atoms with Gasteiger partial charge in [0.1, 0.15) is 15.8 Å². The standard InChI is InChI=1S/C11H6BrFN4O/c12-9-8-5-14-15-10(17(8)16-11(9)18)6-3-1-2-4-7(6)13/h1-5H,(H,16,18). The molecule has 3 rings (SSSR count). The van der Waals surface area contributed by atoms with Gasteiger partial charge in [-0.1, -0.05) is 12.1 Å². The molecule has 90 valence electrons. The van der Waals surface area contributed by atoms with Crippen molar-refractivity contribution in [2.75, 3.05) is 0 Å². The van der Waals surface area contributed by atoms with Crippen LogP contribution in [0.4, 0.5) is 4.39 Å². The molecule has 3 aromatic rings. The number of nitrogens with one attached hydrogen (secondary N) is 1. The fourth-order valence-electron chi connectivity index (χ4n) is 1.71. The van der Waals surface area contributed by atoms with Crippen LogP contribution in [0.5, 0.6) is 0 Å². The molecule has 1 aromatic carbocycles. The van der Waals surface area contributed by atoms with Crippen molar-refractivity contribution >= 4 is 21.4 Å². The monoisotopic (exact) mass is 308 g/mol. The molecular formula is C11H6BrFN4O. The van der Waals surface area contributed by atoms with Crippen molar-refractivity contribution in [3.63, 3.8) is 0 Å². The van der Waals surface area contributed by atoms with E-state index < -0.39 is 5.82 Å². The maximum Gasteiger partial charge on any atom is 0.279 e. The number of aromatic nitrogens is 4. The maximum absolute atomic E-state index is 13.7. The molecule has 2 aromatic heterocycles. The van der Waals surface area contributed by atoms with E-state index in [1.54, 1.807) is 18.2 Å². The smallest absolute Gasteiger partial charge is 0.267 e. The first kappa shape index (κ1) is 11.1. The number of benzene rings is 1. The van der Waals surface area contributed by atoms with Crippen LogP contribution >= 0.6 is 15.9 Å². The lowest BCUT2D eigenvalue weighted by Crippen LogP contribution is -2.04. The first-order valence-electron chi connectivity index (χ1n) is 5.05. The summed E-state index contributed by atoms with van der Waals surface area (Å²) in [6.45, 7) is 0. The number of fused-ring (bicyclic) bond motifs is 1. The summed E-state index contributed by atoms with van der Waals surface area (Å²) in [5.41, 5.74) is 0.463. The Kier molecular flexibility index (Phi) is 2.48. The van der Waals surface area contributed by atoms with Crippen molar-refractivity contribution in [2.24, 2.45) is 0 Å². The highest BCUT2D eigenvalue weighted by molar-refractivity contribution is 9.10. The van der Waals surface area contributed by atoms with Gasteiger partial charge in [-0.2, -0.15) is 5.10 Å². The molecule has 0 aliphatic heterocycles. The average molecular weight is 309 g/mol. The first-order valence-corrected chi connectivity index (χ1v) is 5.84. The zero-order chi connectivity index (χ0) is 12.7. The minimum absolute atomic E-state index is 0.244. The zero-order valence-corrected chi connectivity index (χ0v) is 10.5. The van der Waals surface area contributed by atoms with Crippen molar-refractivity contribution in [3.05, 3.63) is 51.1 Å². The first-order chi connectivity index (χ1) is 8.68. The van der Waals surface area contributed by atoms with E-state index >= 15 is 0 Å². The molecule has 0 bridgehead atoms. The van der Waals surface area contributed by atoms with E-state index in [0.717, 1.165) is 0 Å².